The molecular weight excluding hydrogens is 1260 g/mol. The average molecular weight is 1320 g/mol. The van der Waals surface area contributed by atoms with Crippen LogP contribution in [0.2, 0.25) is 0 Å². The zero-order chi connectivity index (χ0) is 49.0. The van der Waals surface area contributed by atoms with Crippen LogP contribution in [0.5, 0.6) is 23.0 Å². The summed E-state index contributed by atoms with van der Waals surface area (Å²) in [6.07, 6.45) is 7.45. The SMILES string of the molecule is CC(C)(C)c1cnc(-n2c3[c-]c(Oc4[c-]c5c(c(C(C)(C)C)c4)c4ccccc4n5-c4ccccn4)ccc3c3ccc(Oc4[c-]c5c(c(C(C)(C)C)c4)c4ccccc4n5-c4ccccn4)[c-]c32)nc1.[Pt+2].[Pt+2]. The molecule has 0 spiro atoms. The first-order valence-electron chi connectivity index (χ1n) is 24.0. The van der Waals surface area contributed by atoms with Gasteiger partial charge in [-0.3, -0.25) is 0 Å². The standard InChI is InChI=1S/C62H51N7O2.2Pt/c1-60(2,3)38-36-65-59(66-37-38)69-51-32-39(70-41-30-47(61(4,5)6)57-45-18-10-12-20-49(45)67(53(57)34-41)55-22-14-16-28-63-55)24-26-43(51)44-27-25-40(33-52(44)69)71-42-31-48(62(7,8)9)58-46-19-11-13-21-50(46)68(54(58)35-42)56-23-15-17-29-64-56;;/h10-31,36-37H,1-9H3;;/q-4;2*+2. The van der Waals surface area contributed by atoms with Gasteiger partial charge in [0.1, 0.15) is 11.6 Å². The van der Waals surface area contributed by atoms with Gasteiger partial charge in [0.15, 0.2) is 0 Å². The van der Waals surface area contributed by atoms with Crippen LogP contribution in [0.3, 0.4) is 0 Å². The summed E-state index contributed by atoms with van der Waals surface area (Å²) in [5.74, 6) is 4.26. The van der Waals surface area contributed by atoms with Crippen molar-refractivity contribution in [1.82, 2.24) is 33.6 Å². The first kappa shape index (κ1) is 49.6. The van der Waals surface area contributed by atoms with Gasteiger partial charge in [-0.25, -0.2) is 19.9 Å². The van der Waals surface area contributed by atoms with Crippen molar-refractivity contribution in [3.8, 4) is 40.6 Å². The molecule has 0 aliphatic rings. The summed E-state index contributed by atoms with van der Waals surface area (Å²) < 4.78 is 20.1. The number of benzene rings is 6. The molecule has 12 aromatic rings. The minimum Gasteiger partial charge on any atom is -0.509 e. The van der Waals surface area contributed by atoms with Crippen LogP contribution in [0, 0.1) is 24.3 Å². The van der Waals surface area contributed by atoms with E-state index in [9.17, 15) is 0 Å². The number of nitrogens with zero attached hydrogens (tertiary/aromatic N) is 7. The van der Waals surface area contributed by atoms with Crippen molar-refractivity contribution in [2.45, 2.75) is 78.6 Å². The molecule has 0 bridgehead atoms. The van der Waals surface area contributed by atoms with Gasteiger partial charge in [-0.1, -0.05) is 144 Å². The van der Waals surface area contributed by atoms with E-state index in [-0.39, 0.29) is 58.4 Å². The molecule has 0 N–H and O–H groups in total. The number of pyridine rings is 2. The van der Waals surface area contributed by atoms with Crippen LogP contribution in [0.1, 0.15) is 79.0 Å². The molecule has 0 amide bonds. The number of aromatic nitrogens is 7. The first-order chi connectivity index (χ1) is 34.1. The van der Waals surface area contributed by atoms with Gasteiger partial charge in [0.2, 0.25) is 5.95 Å². The molecule has 6 heterocycles. The van der Waals surface area contributed by atoms with Crippen LogP contribution in [-0.4, -0.2) is 33.6 Å². The Morgan fingerprint density at radius 1 is 0.397 bits per heavy atom. The van der Waals surface area contributed by atoms with E-state index in [0.717, 1.165) is 93.7 Å². The zero-order valence-corrected chi connectivity index (χ0v) is 46.5. The van der Waals surface area contributed by atoms with Crippen molar-refractivity contribution >= 4 is 65.4 Å². The molecule has 0 saturated carbocycles. The fraction of sp³-hybridized carbons (Fsp3) is 0.194. The van der Waals surface area contributed by atoms with Gasteiger partial charge in [-0.2, -0.15) is 22.9 Å². The predicted octanol–water partition coefficient (Wildman–Crippen LogP) is 15.2. The second kappa shape index (κ2) is 18.5. The molecule has 73 heavy (non-hydrogen) atoms. The Morgan fingerprint density at radius 3 is 1.21 bits per heavy atom. The Kier molecular flexibility index (Phi) is 12.6. The van der Waals surface area contributed by atoms with Gasteiger partial charge in [0.05, 0.1) is 0 Å². The minimum atomic E-state index is -0.230. The van der Waals surface area contributed by atoms with Crippen molar-refractivity contribution in [2.75, 3.05) is 0 Å². The number of hydrogen-bond acceptors (Lipinski definition) is 6. The van der Waals surface area contributed by atoms with Crippen LogP contribution in [-0.2, 0) is 58.4 Å². The molecule has 0 atom stereocenters. The van der Waals surface area contributed by atoms with Gasteiger partial charge in [-0.15, -0.1) is 59.7 Å². The van der Waals surface area contributed by atoms with E-state index in [1.54, 1.807) is 0 Å². The molecule has 6 aromatic heterocycles. The smallest absolute Gasteiger partial charge is 0.509 e. The molecule has 0 aliphatic carbocycles. The second-order valence-electron chi connectivity index (χ2n) is 21.4. The van der Waals surface area contributed by atoms with Crippen LogP contribution in [0.15, 0.2) is 146 Å². The average Bonchev–Trinajstić information content (AvgIpc) is 3.98. The normalized spacial score (nSPS) is 12.2. The van der Waals surface area contributed by atoms with Crippen molar-refractivity contribution in [3.05, 3.63) is 187 Å². The van der Waals surface area contributed by atoms with Gasteiger partial charge < -0.3 is 23.2 Å². The van der Waals surface area contributed by atoms with E-state index in [1.165, 1.54) is 0 Å². The molecule has 0 radical (unpaired) electrons. The third-order valence-electron chi connectivity index (χ3n) is 13.4. The molecule has 0 unspecified atom stereocenters. The summed E-state index contributed by atoms with van der Waals surface area (Å²) >= 11 is 0. The summed E-state index contributed by atoms with van der Waals surface area (Å²) in [4.78, 5) is 19.5. The van der Waals surface area contributed by atoms with Gasteiger partial charge in [0.25, 0.3) is 0 Å². The number of fused-ring (bicyclic) bond motifs is 9. The number of para-hydroxylation sites is 2. The molecular formula is C62H51N7O2Pt2. The largest absolute Gasteiger partial charge is 2.00 e. The third-order valence-corrected chi connectivity index (χ3v) is 13.4. The molecule has 12 rings (SSSR count). The Morgan fingerprint density at radius 2 is 0.808 bits per heavy atom. The maximum atomic E-state index is 6.86. The van der Waals surface area contributed by atoms with Crippen LogP contribution in [0.25, 0.3) is 83.0 Å². The quantitative estimate of drug-likeness (QED) is 0.148. The third kappa shape index (κ3) is 8.64. The molecule has 0 saturated heterocycles. The maximum absolute atomic E-state index is 6.86. The summed E-state index contributed by atoms with van der Waals surface area (Å²) in [6, 6.07) is 55.8. The number of ether oxygens (including phenoxy) is 2. The first-order valence-corrected chi connectivity index (χ1v) is 24.0. The molecule has 11 heteroatoms. The Bertz CT molecular complexity index is 3810. The summed E-state index contributed by atoms with van der Waals surface area (Å²) in [5.41, 5.74) is 8.05. The minimum absolute atomic E-state index is 0. The zero-order valence-electron chi connectivity index (χ0n) is 41.9. The topological polar surface area (TPSA) is 84.8 Å². The van der Waals surface area contributed by atoms with Crippen molar-refractivity contribution in [3.63, 3.8) is 0 Å². The van der Waals surface area contributed by atoms with Crippen molar-refractivity contribution in [1.29, 1.82) is 0 Å². The van der Waals surface area contributed by atoms with Gasteiger partial charge in [0, 0.05) is 58.8 Å². The Balaban J connectivity index is 0.00000306. The van der Waals surface area contributed by atoms with Crippen LogP contribution >= 0.6 is 0 Å². The molecule has 9 nitrogen and oxygen atoms in total. The summed E-state index contributed by atoms with van der Waals surface area (Å²) in [7, 11) is 0. The number of rotatable bonds is 7. The van der Waals surface area contributed by atoms with Crippen LogP contribution in [0.4, 0.5) is 0 Å². The molecule has 6 aromatic carbocycles. The molecule has 0 fully saturated rings. The summed E-state index contributed by atoms with van der Waals surface area (Å²) in [6.45, 7) is 19.9. The van der Waals surface area contributed by atoms with Crippen molar-refractivity contribution in [2.24, 2.45) is 0 Å². The van der Waals surface area contributed by atoms with E-state index in [4.69, 9.17) is 29.4 Å². The van der Waals surface area contributed by atoms with E-state index in [1.807, 2.05) is 77.9 Å². The summed E-state index contributed by atoms with van der Waals surface area (Å²) in [5, 5.41) is 6.39. The fourth-order valence-corrected chi connectivity index (χ4v) is 9.92. The monoisotopic (exact) mass is 1320 g/mol. The Hall–Kier alpha value is -6.92. The van der Waals surface area contributed by atoms with E-state index in [2.05, 4.69) is 169 Å². The van der Waals surface area contributed by atoms with Gasteiger partial charge in [-0.05, 0) is 69.0 Å². The predicted molar refractivity (Wildman–Crippen MR) is 285 cm³/mol. The van der Waals surface area contributed by atoms with E-state index in [0.29, 0.717) is 28.9 Å². The van der Waals surface area contributed by atoms with E-state index >= 15 is 0 Å². The van der Waals surface area contributed by atoms with Gasteiger partial charge >= 0.3 is 42.1 Å². The molecule has 0 aliphatic heterocycles. The fourth-order valence-electron chi connectivity index (χ4n) is 9.92. The Labute approximate surface area is 453 Å². The maximum Gasteiger partial charge on any atom is 2.00 e. The molecule has 366 valence electrons. The van der Waals surface area contributed by atoms with Crippen LogP contribution < -0.4 is 9.47 Å². The van der Waals surface area contributed by atoms with E-state index < -0.39 is 0 Å². The van der Waals surface area contributed by atoms with Crippen molar-refractivity contribution < 1.29 is 51.6 Å². The number of hydrogen-bond donors (Lipinski definition) is 0. The second-order valence-corrected chi connectivity index (χ2v) is 21.4.